The van der Waals surface area contributed by atoms with Crippen LogP contribution in [-0.4, -0.2) is 54.5 Å². The van der Waals surface area contributed by atoms with Crippen molar-refractivity contribution in [3.63, 3.8) is 0 Å². The van der Waals surface area contributed by atoms with Gasteiger partial charge >= 0.3 is 12.1 Å². The van der Waals surface area contributed by atoms with Gasteiger partial charge in [0, 0.05) is 28.8 Å². The Kier molecular flexibility index (Phi) is 12.0. The number of rotatable bonds is 14. The van der Waals surface area contributed by atoms with Crippen LogP contribution in [0.5, 0.6) is 5.75 Å². The van der Waals surface area contributed by atoms with Crippen molar-refractivity contribution in [2.45, 2.75) is 36.9 Å². The van der Waals surface area contributed by atoms with Crippen LogP contribution in [0.25, 0.3) is 0 Å². The molecule has 2 atom stereocenters. The number of aliphatic hydroxyl groups excluding tert-OH is 1. The molecule has 0 heterocycles. The van der Waals surface area contributed by atoms with Crippen LogP contribution in [0.2, 0.25) is 0 Å². The van der Waals surface area contributed by atoms with E-state index in [1.165, 1.54) is 6.08 Å². The zero-order chi connectivity index (χ0) is 24.8. The minimum atomic E-state index is -1.03. The van der Waals surface area contributed by atoms with Gasteiger partial charge in [-0.2, -0.15) is 0 Å². The number of thioether (sulfide) groups is 1. The first-order valence-corrected chi connectivity index (χ1v) is 12.2. The highest BCUT2D eigenvalue weighted by Gasteiger charge is 2.30. The summed E-state index contributed by atoms with van der Waals surface area (Å²) >= 11 is 1.60. The number of carboxylic acids is 1. The second kappa shape index (κ2) is 15.0. The third kappa shape index (κ3) is 9.09. The van der Waals surface area contributed by atoms with Gasteiger partial charge in [0.25, 0.3) is 0 Å². The Labute approximate surface area is 203 Å². The first kappa shape index (κ1) is 27.2. The zero-order valence-corrected chi connectivity index (χ0v) is 20.1. The zero-order valence-electron chi connectivity index (χ0n) is 19.3. The highest BCUT2D eigenvalue weighted by molar-refractivity contribution is 7.98. The highest BCUT2D eigenvalue weighted by atomic mass is 32.2. The number of aliphatic hydroxyl groups is 1. The molecule has 0 aliphatic carbocycles. The van der Waals surface area contributed by atoms with E-state index in [1.54, 1.807) is 48.2 Å². The van der Waals surface area contributed by atoms with E-state index in [-0.39, 0.29) is 13.2 Å². The van der Waals surface area contributed by atoms with Gasteiger partial charge in [-0.1, -0.05) is 24.3 Å². The molecule has 0 fully saturated rings. The maximum absolute atomic E-state index is 12.8. The summed E-state index contributed by atoms with van der Waals surface area (Å²) in [7, 11) is 0. The van der Waals surface area contributed by atoms with Crippen LogP contribution in [0.4, 0.5) is 10.5 Å². The number of para-hydroxylation sites is 1. The van der Waals surface area contributed by atoms with Crippen molar-refractivity contribution in [1.29, 1.82) is 0 Å². The summed E-state index contributed by atoms with van der Waals surface area (Å²) in [6.45, 7) is 2.11. The quantitative estimate of drug-likeness (QED) is 0.254. The van der Waals surface area contributed by atoms with Crippen molar-refractivity contribution >= 4 is 29.5 Å². The van der Waals surface area contributed by atoms with Crippen LogP contribution in [-0.2, 0) is 14.3 Å². The van der Waals surface area contributed by atoms with Crippen molar-refractivity contribution in [2.24, 2.45) is 0 Å². The first-order chi connectivity index (χ1) is 16.5. The summed E-state index contributed by atoms with van der Waals surface area (Å²) in [5.74, 6) is -0.570. The van der Waals surface area contributed by atoms with Crippen molar-refractivity contribution in [2.75, 3.05) is 31.4 Å². The summed E-state index contributed by atoms with van der Waals surface area (Å²) in [5.41, 5.74) is 1.17. The number of hydrogen-bond donors (Lipinski definition) is 3. The highest BCUT2D eigenvalue weighted by Crippen LogP contribution is 2.34. The molecule has 184 valence electrons. The fourth-order valence-corrected chi connectivity index (χ4v) is 3.67. The van der Waals surface area contributed by atoms with Gasteiger partial charge in [0.2, 0.25) is 0 Å². The lowest BCUT2D eigenvalue weighted by atomic mass is 9.99. The van der Waals surface area contributed by atoms with E-state index in [1.807, 2.05) is 25.3 Å². The molecule has 34 heavy (non-hydrogen) atoms. The van der Waals surface area contributed by atoms with E-state index in [2.05, 4.69) is 5.32 Å². The van der Waals surface area contributed by atoms with Crippen LogP contribution in [0.3, 0.4) is 0 Å². The maximum Gasteiger partial charge on any atom is 0.412 e. The molecule has 0 bridgehead atoms. The smallest absolute Gasteiger partial charge is 0.412 e. The number of ether oxygens (including phenoxy) is 3. The van der Waals surface area contributed by atoms with E-state index >= 15 is 0 Å². The fraction of sp³-hybridized carbons (Fsp3) is 0.360. The molecule has 9 heteroatoms. The van der Waals surface area contributed by atoms with Gasteiger partial charge < -0.3 is 24.4 Å². The van der Waals surface area contributed by atoms with Gasteiger partial charge in [-0.15, -0.1) is 11.8 Å². The Balaban J connectivity index is 2.29. The predicted octanol–water partition coefficient (Wildman–Crippen LogP) is 4.90. The number of anilines is 1. The molecule has 0 spiro atoms. The Morgan fingerprint density at radius 3 is 2.53 bits per heavy atom. The summed E-state index contributed by atoms with van der Waals surface area (Å²) in [5, 5.41) is 20.8. The monoisotopic (exact) mass is 489 g/mol. The molecule has 1 amide bonds. The summed E-state index contributed by atoms with van der Waals surface area (Å²) in [6.07, 6.45) is 3.34. The third-order valence-corrected chi connectivity index (χ3v) is 5.49. The SMILES string of the molecule is CCO[C@H](CC/C=C/C(=O)O)[C@H](OC(=O)Nc1ccc(SC)cc1)c1ccccc1OCCO. The molecule has 0 aliphatic rings. The van der Waals surface area contributed by atoms with Gasteiger partial charge in [-0.25, -0.2) is 9.59 Å². The van der Waals surface area contributed by atoms with E-state index in [0.29, 0.717) is 36.4 Å². The van der Waals surface area contributed by atoms with E-state index < -0.39 is 24.3 Å². The molecule has 0 aromatic heterocycles. The van der Waals surface area contributed by atoms with Crippen LogP contribution >= 0.6 is 11.8 Å². The lowest BCUT2D eigenvalue weighted by molar-refractivity contribution is -0.131. The fourth-order valence-electron chi connectivity index (χ4n) is 3.26. The Hall–Kier alpha value is -3.01. The van der Waals surface area contributed by atoms with E-state index in [4.69, 9.17) is 19.3 Å². The van der Waals surface area contributed by atoms with Gasteiger partial charge in [0.15, 0.2) is 6.10 Å². The summed E-state index contributed by atoms with van der Waals surface area (Å²) in [4.78, 5) is 24.7. The van der Waals surface area contributed by atoms with E-state index in [0.717, 1.165) is 11.0 Å². The number of carbonyl (C=O) groups excluding carboxylic acids is 1. The molecule has 8 nitrogen and oxygen atoms in total. The van der Waals surface area contributed by atoms with Gasteiger partial charge in [-0.3, -0.25) is 5.32 Å². The number of hydrogen-bond acceptors (Lipinski definition) is 7. The van der Waals surface area contributed by atoms with Crippen molar-refractivity contribution in [1.82, 2.24) is 0 Å². The minimum absolute atomic E-state index is 0.0817. The topological polar surface area (TPSA) is 114 Å². The largest absolute Gasteiger partial charge is 0.491 e. The molecule has 0 aliphatic heterocycles. The van der Waals surface area contributed by atoms with Crippen LogP contribution in [0.15, 0.2) is 65.6 Å². The van der Waals surface area contributed by atoms with Crippen molar-refractivity contribution < 1.29 is 34.0 Å². The number of amides is 1. The second-order valence-corrected chi connectivity index (χ2v) is 7.98. The molecule has 0 radical (unpaired) electrons. The Bertz CT molecular complexity index is 933. The van der Waals surface area contributed by atoms with E-state index in [9.17, 15) is 14.7 Å². The second-order valence-electron chi connectivity index (χ2n) is 7.10. The molecular weight excluding hydrogens is 458 g/mol. The van der Waals surface area contributed by atoms with Crippen LogP contribution < -0.4 is 10.1 Å². The lowest BCUT2D eigenvalue weighted by Gasteiger charge is -2.28. The molecular formula is C25H31NO7S. The molecule has 3 N–H and O–H groups in total. The predicted molar refractivity (Wildman–Crippen MR) is 132 cm³/mol. The standard InChI is InChI=1S/C25H31NO7S/c1-3-31-22(10-6-7-11-23(28)29)24(20-8-4-5-9-21(20)32-17-16-27)33-25(30)26-18-12-14-19(34-2)15-13-18/h4-5,7-9,11-15,22,24,27H,3,6,10,16-17H2,1-2H3,(H,26,30)(H,28,29)/b11-7+/t22-,24-/m1/s1. The number of nitrogens with one attached hydrogen (secondary N) is 1. The third-order valence-electron chi connectivity index (χ3n) is 4.74. The van der Waals surface area contributed by atoms with Crippen molar-refractivity contribution in [3.8, 4) is 5.75 Å². The number of benzene rings is 2. The normalized spacial score (nSPS) is 12.8. The van der Waals surface area contributed by atoms with Gasteiger partial charge in [-0.05, 0) is 56.4 Å². The van der Waals surface area contributed by atoms with Gasteiger partial charge in [0.1, 0.15) is 12.4 Å². The average Bonchev–Trinajstić information content (AvgIpc) is 2.84. The Morgan fingerprint density at radius 1 is 1.15 bits per heavy atom. The Morgan fingerprint density at radius 2 is 1.88 bits per heavy atom. The summed E-state index contributed by atoms with van der Waals surface area (Å²) < 4.78 is 17.4. The minimum Gasteiger partial charge on any atom is -0.491 e. The number of carboxylic acid groups (broad SMARTS) is 1. The van der Waals surface area contributed by atoms with Gasteiger partial charge in [0.05, 0.1) is 12.7 Å². The molecule has 2 aromatic rings. The van der Waals surface area contributed by atoms with Crippen LogP contribution in [0.1, 0.15) is 31.4 Å². The molecule has 2 aromatic carbocycles. The average molecular weight is 490 g/mol. The first-order valence-electron chi connectivity index (χ1n) is 10.9. The van der Waals surface area contributed by atoms with Crippen molar-refractivity contribution in [3.05, 3.63) is 66.2 Å². The molecule has 0 saturated heterocycles. The molecule has 2 rings (SSSR count). The molecule has 0 unspecified atom stereocenters. The number of aliphatic carboxylic acids is 1. The maximum atomic E-state index is 12.8. The molecule has 0 saturated carbocycles. The number of carbonyl (C=O) groups is 2. The van der Waals surface area contributed by atoms with Crippen LogP contribution in [0, 0.1) is 0 Å². The lowest BCUT2D eigenvalue weighted by Crippen LogP contribution is -2.29. The number of allylic oxidation sites excluding steroid dienone is 1. The summed E-state index contributed by atoms with van der Waals surface area (Å²) in [6, 6.07) is 14.5.